The number of rotatable bonds is 10. The van der Waals surface area contributed by atoms with Crippen molar-refractivity contribution in [2.45, 2.75) is 51.5 Å². The Labute approximate surface area is 209 Å². The Bertz CT molecular complexity index is 880. The normalized spacial score (nSPS) is 21.4. The zero-order valence-electron chi connectivity index (χ0n) is 20.5. The van der Waals surface area contributed by atoms with Gasteiger partial charge in [0.25, 0.3) is 5.17 Å². The van der Waals surface area contributed by atoms with Crippen LogP contribution in [0.1, 0.15) is 25.8 Å². The maximum atomic E-state index is 12.1. The number of hydrogen-bond acceptors (Lipinski definition) is 11. The first-order valence-corrected chi connectivity index (χ1v) is 11.4. The molecule has 11 nitrogen and oxygen atoms in total. The maximum Gasteiger partial charge on any atom is 0.335 e. The van der Waals surface area contributed by atoms with Crippen LogP contribution in [0.4, 0.5) is 0 Å². The standard InChI is InChI=1S/C23H32N2O9S/c1-14(26)31-18-12-19(21(28)29-5)34-22(20(18)32-15(2)27)33-17-8-6-16(7-9-17)13-30-23(35)25(4)11-10-24-3/h6-9,18-20,22,24H,10-13H2,1-5H3/t18-,19-,20+,22+/m0/s1. The second-order valence-electron chi connectivity index (χ2n) is 7.82. The monoisotopic (exact) mass is 512 g/mol. The van der Waals surface area contributed by atoms with Crippen LogP contribution >= 0.6 is 12.2 Å². The van der Waals surface area contributed by atoms with Crippen LogP contribution < -0.4 is 10.1 Å². The molecule has 0 spiro atoms. The minimum atomic E-state index is -1.23. The molecule has 0 amide bonds. The van der Waals surface area contributed by atoms with E-state index in [-0.39, 0.29) is 13.0 Å². The molecule has 1 aliphatic rings. The van der Waals surface area contributed by atoms with E-state index >= 15 is 0 Å². The van der Waals surface area contributed by atoms with Gasteiger partial charge >= 0.3 is 17.9 Å². The van der Waals surface area contributed by atoms with Crippen molar-refractivity contribution >= 4 is 35.3 Å². The van der Waals surface area contributed by atoms with Crippen LogP contribution in [0.15, 0.2) is 24.3 Å². The third-order valence-corrected chi connectivity index (χ3v) is 5.44. The molecule has 1 aromatic rings. The zero-order chi connectivity index (χ0) is 26.0. The van der Waals surface area contributed by atoms with Crippen molar-refractivity contribution in [2.24, 2.45) is 0 Å². The minimum absolute atomic E-state index is 0.0526. The number of benzene rings is 1. The van der Waals surface area contributed by atoms with E-state index < -0.39 is 42.5 Å². The molecule has 1 heterocycles. The van der Waals surface area contributed by atoms with Gasteiger partial charge in [0.15, 0.2) is 6.10 Å². The minimum Gasteiger partial charge on any atom is -0.467 e. The van der Waals surface area contributed by atoms with Gasteiger partial charge in [0, 0.05) is 40.4 Å². The van der Waals surface area contributed by atoms with E-state index in [4.69, 9.17) is 40.6 Å². The number of methoxy groups -OCH3 is 1. The summed E-state index contributed by atoms with van der Waals surface area (Å²) in [6, 6.07) is 6.89. The molecule has 0 radical (unpaired) electrons. The molecule has 0 saturated carbocycles. The van der Waals surface area contributed by atoms with E-state index in [0.29, 0.717) is 17.5 Å². The Morgan fingerprint density at radius 1 is 1.14 bits per heavy atom. The second-order valence-corrected chi connectivity index (χ2v) is 8.16. The van der Waals surface area contributed by atoms with Crippen LogP contribution in [0, 0.1) is 0 Å². The number of nitrogens with zero attached hydrogens (tertiary/aromatic N) is 1. The summed E-state index contributed by atoms with van der Waals surface area (Å²) in [5, 5.41) is 3.43. The Kier molecular flexibility index (Phi) is 11.2. The SMILES string of the molecule is CNCCN(C)C(=S)OCc1ccc(O[C@@H]2O[C@H](C(=O)OC)C[C@H](OC(C)=O)[C@H]2OC(C)=O)cc1. The van der Waals surface area contributed by atoms with Crippen molar-refractivity contribution in [1.82, 2.24) is 10.2 Å². The molecule has 0 unspecified atom stereocenters. The summed E-state index contributed by atoms with van der Waals surface area (Å²) in [6.07, 6.45) is -4.41. The number of hydrogen-bond donors (Lipinski definition) is 1. The number of ether oxygens (including phenoxy) is 6. The maximum absolute atomic E-state index is 12.1. The van der Waals surface area contributed by atoms with E-state index in [2.05, 4.69) is 5.32 Å². The van der Waals surface area contributed by atoms with Crippen LogP contribution in [0.3, 0.4) is 0 Å². The molecule has 1 aliphatic heterocycles. The van der Waals surface area contributed by atoms with Gasteiger partial charge in [-0.15, -0.1) is 0 Å². The Morgan fingerprint density at radius 3 is 2.37 bits per heavy atom. The lowest BCUT2D eigenvalue weighted by Gasteiger charge is -2.39. The average Bonchev–Trinajstić information content (AvgIpc) is 2.82. The highest BCUT2D eigenvalue weighted by atomic mass is 32.1. The molecule has 1 aromatic carbocycles. The van der Waals surface area contributed by atoms with Gasteiger partial charge in [-0.2, -0.15) is 0 Å². The summed E-state index contributed by atoms with van der Waals surface area (Å²) in [5.74, 6) is -1.52. The van der Waals surface area contributed by atoms with Gasteiger partial charge in [-0.1, -0.05) is 12.1 Å². The number of carbonyl (C=O) groups excluding carboxylic acids is 3. The molecule has 1 saturated heterocycles. The van der Waals surface area contributed by atoms with Crippen molar-refractivity contribution in [2.75, 3.05) is 34.3 Å². The Morgan fingerprint density at radius 2 is 1.80 bits per heavy atom. The van der Waals surface area contributed by atoms with Crippen LogP contribution in [0.5, 0.6) is 5.75 Å². The van der Waals surface area contributed by atoms with Crippen LogP contribution in [-0.2, 0) is 44.7 Å². The zero-order valence-corrected chi connectivity index (χ0v) is 21.3. The lowest BCUT2D eigenvalue weighted by molar-refractivity contribution is -0.251. The van der Waals surface area contributed by atoms with Gasteiger partial charge in [0.05, 0.1) is 7.11 Å². The van der Waals surface area contributed by atoms with Crippen LogP contribution in [0.2, 0.25) is 0 Å². The fourth-order valence-electron chi connectivity index (χ4n) is 3.27. The number of carbonyl (C=O) groups is 3. The molecular formula is C23H32N2O9S. The van der Waals surface area contributed by atoms with Gasteiger partial charge in [0.1, 0.15) is 18.5 Å². The summed E-state index contributed by atoms with van der Waals surface area (Å²) in [5.41, 5.74) is 0.841. The first-order valence-electron chi connectivity index (χ1n) is 11.0. The third-order valence-electron chi connectivity index (χ3n) is 5.01. The number of likely N-dealkylation sites (N-methyl/N-ethyl adjacent to an activating group) is 2. The third kappa shape index (κ3) is 8.96. The highest BCUT2D eigenvalue weighted by molar-refractivity contribution is 7.80. The van der Waals surface area contributed by atoms with Crippen molar-refractivity contribution in [3.63, 3.8) is 0 Å². The van der Waals surface area contributed by atoms with Crippen LogP contribution in [-0.4, -0.2) is 86.9 Å². The van der Waals surface area contributed by atoms with E-state index in [1.807, 2.05) is 19.0 Å². The molecule has 0 aromatic heterocycles. The van der Waals surface area contributed by atoms with Crippen molar-refractivity contribution < 1.29 is 42.8 Å². The lowest BCUT2D eigenvalue weighted by Crippen LogP contribution is -2.55. The molecular weight excluding hydrogens is 480 g/mol. The van der Waals surface area contributed by atoms with Gasteiger partial charge in [-0.05, 0) is 37.0 Å². The molecule has 194 valence electrons. The molecule has 4 atom stereocenters. The second kappa shape index (κ2) is 13.8. The van der Waals surface area contributed by atoms with Crippen LogP contribution in [0.25, 0.3) is 0 Å². The van der Waals surface area contributed by atoms with Gasteiger partial charge in [-0.3, -0.25) is 9.59 Å². The highest BCUT2D eigenvalue weighted by Gasteiger charge is 2.47. The molecule has 1 fully saturated rings. The predicted molar refractivity (Wildman–Crippen MR) is 127 cm³/mol. The molecule has 2 rings (SSSR count). The summed E-state index contributed by atoms with van der Waals surface area (Å²) < 4.78 is 32.6. The first kappa shape index (κ1) is 28.3. The molecule has 35 heavy (non-hydrogen) atoms. The van der Waals surface area contributed by atoms with E-state index in [0.717, 1.165) is 12.1 Å². The smallest absolute Gasteiger partial charge is 0.335 e. The van der Waals surface area contributed by atoms with Crippen molar-refractivity contribution in [3.8, 4) is 5.75 Å². The number of esters is 3. The molecule has 12 heteroatoms. The first-order chi connectivity index (χ1) is 16.6. The Hall–Kier alpha value is -2.96. The summed E-state index contributed by atoms with van der Waals surface area (Å²) >= 11 is 5.27. The quantitative estimate of drug-likeness (QED) is 0.275. The number of thiocarbonyl (C=S) groups is 1. The molecule has 1 N–H and O–H groups in total. The number of nitrogens with one attached hydrogen (secondary N) is 1. The largest absolute Gasteiger partial charge is 0.467 e. The highest BCUT2D eigenvalue weighted by Crippen LogP contribution is 2.29. The fraction of sp³-hybridized carbons (Fsp3) is 0.565. The van der Waals surface area contributed by atoms with Crippen molar-refractivity contribution in [1.29, 1.82) is 0 Å². The van der Waals surface area contributed by atoms with E-state index in [1.54, 1.807) is 24.3 Å². The fourth-order valence-corrected chi connectivity index (χ4v) is 3.42. The lowest BCUT2D eigenvalue weighted by atomic mass is 10.0. The molecule has 0 bridgehead atoms. The molecule has 0 aliphatic carbocycles. The predicted octanol–water partition coefficient (Wildman–Crippen LogP) is 1.17. The van der Waals surface area contributed by atoms with Gasteiger partial charge < -0.3 is 38.6 Å². The van der Waals surface area contributed by atoms with Gasteiger partial charge in [-0.25, -0.2) is 4.79 Å². The summed E-state index contributed by atoms with van der Waals surface area (Å²) in [6.45, 7) is 4.18. The van der Waals surface area contributed by atoms with E-state index in [9.17, 15) is 14.4 Å². The average molecular weight is 513 g/mol. The summed E-state index contributed by atoms with van der Waals surface area (Å²) in [7, 11) is 4.93. The Balaban J connectivity index is 2.10. The van der Waals surface area contributed by atoms with Crippen molar-refractivity contribution in [3.05, 3.63) is 29.8 Å². The topological polar surface area (TPSA) is 122 Å². The summed E-state index contributed by atoms with van der Waals surface area (Å²) in [4.78, 5) is 37.3. The van der Waals surface area contributed by atoms with E-state index in [1.165, 1.54) is 21.0 Å². The van der Waals surface area contributed by atoms with Gasteiger partial charge in [0.2, 0.25) is 12.4 Å².